The van der Waals surface area contributed by atoms with Gasteiger partial charge in [-0.3, -0.25) is 9.59 Å². The maximum Gasteiger partial charge on any atom is 0.408 e. The van der Waals surface area contributed by atoms with Crippen LogP contribution in [-0.2, 0) is 19.1 Å². The van der Waals surface area contributed by atoms with E-state index in [-0.39, 0.29) is 37.5 Å². The third-order valence-electron chi connectivity index (χ3n) is 10.9. The number of amides is 3. The summed E-state index contributed by atoms with van der Waals surface area (Å²) in [6, 6.07) is 5.50. The first-order valence-corrected chi connectivity index (χ1v) is 20.3. The van der Waals surface area contributed by atoms with Crippen molar-refractivity contribution in [1.82, 2.24) is 25.5 Å². The molecule has 3 amide bonds. The van der Waals surface area contributed by atoms with E-state index in [0.717, 1.165) is 50.1 Å². The molecular weight excluding hydrogens is 725 g/mol. The van der Waals surface area contributed by atoms with Crippen molar-refractivity contribution >= 4 is 51.2 Å². The van der Waals surface area contributed by atoms with Crippen molar-refractivity contribution < 1.29 is 38.5 Å². The number of benzene rings is 1. The average molecular weight is 775 g/mol. The Kier molecular flexibility index (Phi) is 11.5. The van der Waals surface area contributed by atoms with Crippen LogP contribution >= 0.6 is 11.3 Å². The summed E-state index contributed by atoms with van der Waals surface area (Å²) >= 11 is 1.47. The van der Waals surface area contributed by atoms with Crippen LogP contribution in [0.25, 0.3) is 22.3 Å². The van der Waals surface area contributed by atoms with E-state index in [1.807, 2.05) is 55.6 Å². The molecule has 14 nitrogen and oxygen atoms in total. The number of aromatic nitrogens is 2. The second-order valence-electron chi connectivity index (χ2n) is 15.4. The first kappa shape index (κ1) is 38.4. The molecule has 1 saturated heterocycles. The van der Waals surface area contributed by atoms with Gasteiger partial charge in [-0.25, -0.2) is 19.6 Å². The molecule has 1 unspecified atom stereocenters. The van der Waals surface area contributed by atoms with Gasteiger partial charge in [-0.15, -0.1) is 11.3 Å². The van der Waals surface area contributed by atoms with Crippen molar-refractivity contribution in [3.05, 3.63) is 41.8 Å². The number of thiazole rings is 1. The Hall–Kier alpha value is -4.92. The second-order valence-corrected chi connectivity index (χ2v) is 16.2. The van der Waals surface area contributed by atoms with Gasteiger partial charge < -0.3 is 40.2 Å². The lowest BCUT2D eigenvalue weighted by molar-refractivity contribution is -0.145. The van der Waals surface area contributed by atoms with Gasteiger partial charge in [0, 0.05) is 41.3 Å². The van der Waals surface area contributed by atoms with Crippen LogP contribution in [0.15, 0.2) is 41.8 Å². The summed E-state index contributed by atoms with van der Waals surface area (Å²) in [5.41, 5.74) is 0.394. The van der Waals surface area contributed by atoms with Gasteiger partial charge in [-0.05, 0) is 77.3 Å². The maximum absolute atomic E-state index is 14.5. The van der Waals surface area contributed by atoms with Gasteiger partial charge in [-0.2, -0.15) is 0 Å². The number of carbonyl (C=O) groups is 4. The van der Waals surface area contributed by atoms with Crippen molar-refractivity contribution in [3.63, 3.8) is 0 Å². The van der Waals surface area contributed by atoms with Crippen molar-refractivity contribution in [2.45, 2.75) is 120 Å². The van der Waals surface area contributed by atoms with Crippen LogP contribution < -0.4 is 25.4 Å². The van der Waals surface area contributed by atoms with Gasteiger partial charge in [0.1, 0.15) is 47.0 Å². The fraction of sp³-hybridized carbons (Fsp3) is 0.550. The Morgan fingerprint density at radius 3 is 2.60 bits per heavy atom. The van der Waals surface area contributed by atoms with E-state index in [1.165, 1.54) is 16.2 Å². The van der Waals surface area contributed by atoms with Crippen LogP contribution in [0.5, 0.6) is 11.5 Å². The van der Waals surface area contributed by atoms with E-state index < -0.39 is 47.6 Å². The lowest BCUT2D eigenvalue weighted by Crippen LogP contribution is -2.56. The number of nitrogens with zero attached hydrogens (tertiary/aromatic N) is 3. The van der Waals surface area contributed by atoms with Crippen molar-refractivity contribution in [2.75, 3.05) is 19.0 Å². The number of nitrogens with one attached hydrogen (secondary N) is 3. The zero-order chi connectivity index (χ0) is 38.7. The molecule has 2 aliphatic heterocycles. The van der Waals surface area contributed by atoms with Crippen LogP contribution in [0.1, 0.15) is 84.5 Å². The highest BCUT2D eigenvalue weighted by Gasteiger charge is 2.61. The largest absolute Gasteiger partial charge is 0.497 e. The molecule has 55 heavy (non-hydrogen) atoms. The van der Waals surface area contributed by atoms with Crippen molar-refractivity contribution in [3.8, 4) is 22.9 Å². The number of pyridine rings is 1. The van der Waals surface area contributed by atoms with Crippen LogP contribution in [0.4, 0.5) is 9.93 Å². The molecule has 4 heterocycles. The summed E-state index contributed by atoms with van der Waals surface area (Å²) in [5, 5.41) is 22.6. The molecule has 3 fully saturated rings. The number of anilines is 1. The average Bonchev–Trinajstić information content (AvgIpc) is 3.58. The summed E-state index contributed by atoms with van der Waals surface area (Å²) in [5.74, 6) is -1.37. The molecule has 5 atom stereocenters. The normalized spacial score (nSPS) is 26.1. The number of carboxylic acids is 1. The molecule has 15 heteroatoms. The number of methoxy groups -OCH3 is 1. The quantitative estimate of drug-likeness (QED) is 0.186. The zero-order valence-electron chi connectivity index (χ0n) is 31.5. The number of allylic oxidation sites excluding steroid dienone is 1. The molecule has 0 spiro atoms. The molecule has 4 N–H and O–H groups in total. The molecule has 0 radical (unpaired) electrons. The number of hydrogen-bond donors (Lipinski definition) is 4. The number of fused-ring (bicyclic) bond motifs is 3. The van der Waals surface area contributed by atoms with Gasteiger partial charge >= 0.3 is 12.1 Å². The third-order valence-corrected chi connectivity index (χ3v) is 11.7. The summed E-state index contributed by atoms with van der Waals surface area (Å²) in [4.78, 5) is 65.5. The van der Waals surface area contributed by atoms with Crippen LogP contribution in [0.3, 0.4) is 0 Å². The molecule has 3 aromatic rings. The summed E-state index contributed by atoms with van der Waals surface area (Å²) in [6.45, 7) is 4.11. The van der Waals surface area contributed by atoms with E-state index in [9.17, 15) is 24.3 Å². The predicted molar refractivity (Wildman–Crippen MR) is 207 cm³/mol. The van der Waals surface area contributed by atoms with E-state index in [4.69, 9.17) is 24.2 Å². The molecule has 7 rings (SSSR count). The van der Waals surface area contributed by atoms with Gasteiger partial charge in [0.25, 0.3) is 0 Å². The lowest BCUT2D eigenvalue weighted by atomic mass is 10.0. The minimum Gasteiger partial charge on any atom is -0.497 e. The minimum absolute atomic E-state index is 0.0324. The van der Waals surface area contributed by atoms with Crippen LogP contribution in [0, 0.1) is 5.92 Å². The highest BCUT2D eigenvalue weighted by Crippen LogP contribution is 2.45. The number of rotatable bonds is 9. The molecule has 2 saturated carbocycles. The Bertz CT molecular complexity index is 1940. The Labute approximate surface area is 324 Å². The fourth-order valence-corrected chi connectivity index (χ4v) is 8.75. The summed E-state index contributed by atoms with van der Waals surface area (Å²) in [6.07, 6.45) is 9.71. The van der Waals surface area contributed by atoms with Gasteiger partial charge in [-0.1, -0.05) is 25.0 Å². The highest BCUT2D eigenvalue weighted by molar-refractivity contribution is 7.14. The van der Waals surface area contributed by atoms with Crippen molar-refractivity contribution in [2.24, 2.45) is 5.92 Å². The van der Waals surface area contributed by atoms with Gasteiger partial charge in [0.15, 0.2) is 5.13 Å². The number of alkyl carbamates (subject to hydrolysis) is 1. The molecule has 4 aliphatic rings. The van der Waals surface area contributed by atoms with Crippen LogP contribution in [-0.4, -0.2) is 93.4 Å². The number of carboxylic acid groups (broad SMARTS) is 1. The first-order valence-electron chi connectivity index (χ1n) is 19.4. The molecule has 2 aromatic heterocycles. The number of ether oxygens (including phenoxy) is 3. The van der Waals surface area contributed by atoms with Gasteiger partial charge in [0.05, 0.1) is 24.9 Å². The van der Waals surface area contributed by atoms with Crippen LogP contribution in [0.2, 0.25) is 0 Å². The monoisotopic (exact) mass is 774 g/mol. The Morgan fingerprint density at radius 2 is 1.84 bits per heavy atom. The molecule has 2 aliphatic carbocycles. The molecule has 1 aromatic carbocycles. The third kappa shape index (κ3) is 8.66. The number of aliphatic carboxylic acids is 1. The first-order chi connectivity index (χ1) is 26.5. The lowest BCUT2D eigenvalue weighted by Gasteiger charge is -2.29. The zero-order valence-corrected chi connectivity index (χ0v) is 32.4. The Morgan fingerprint density at radius 1 is 1.04 bits per heavy atom. The summed E-state index contributed by atoms with van der Waals surface area (Å²) in [7, 11) is 1.58. The second kappa shape index (κ2) is 16.4. The predicted octanol–water partition coefficient (Wildman–Crippen LogP) is 6.05. The molecular formula is C40H50N6O8S. The number of hydrogen-bond acceptors (Lipinski definition) is 11. The van der Waals surface area contributed by atoms with E-state index in [0.29, 0.717) is 46.6 Å². The van der Waals surface area contributed by atoms with Gasteiger partial charge in [0.2, 0.25) is 11.8 Å². The molecule has 0 bridgehead atoms. The SMILES string of the molecule is COc1ccc2c(O[C@@H]3C[C@H]4C(=O)N[C@]5(C(=O)O)C[C@H]5C=CCCCCCC(NC(=O)OC5CCCC5)C(=O)N4C3)cc(-c3csc(NC(C)C)n3)nc2c1. The maximum atomic E-state index is 14.5. The smallest absolute Gasteiger partial charge is 0.408 e. The molecule has 294 valence electrons. The highest BCUT2D eigenvalue weighted by atomic mass is 32.1. The fourth-order valence-electron chi connectivity index (χ4n) is 7.90. The minimum atomic E-state index is -1.45. The van der Waals surface area contributed by atoms with E-state index >= 15 is 0 Å². The Balaban J connectivity index is 1.20. The van der Waals surface area contributed by atoms with Crippen molar-refractivity contribution in [1.29, 1.82) is 0 Å². The number of carbonyl (C=O) groups excluding carboxylic acids is 3. The van der Waals surface area contributed by atoms with E-state index in [1.54, 1.807) is 7.11 Å². The van der Waals surface area contributed by atoms with E-state index in [2.05, 4.69) is 16.0 Å². The topological polar surface area (TPSA) is 181 Å². The standard InChI is InChI=1S/C40H50N6O8S/c1-23(2)41-38-43-32(22-55-38)31-19-34(28-16-15-26(52-3)17-30(28)42-31)53-27-18-33-35(47)45-40(37(49)50)20-24(40)11-7-5-4-6-8-14-29(36(48)46(33)21-27)44-39(51)54-25-12-9-10-13-25/h7,11,15-17,19,22-25,27,29,33H,4-6,8-10,12-14,18,20-21H2,1-3H3,(H,41,43)(H,44,51)(H,45,47)(H,49,50)/t24-,27-,29?,33+,40-/m1/s1. The summed E-state index contributed by atoms with van der Waals surface area (Å²) < 4.78 is 17.9.